The molecule has 0 bridgehead atoms. The van der Waals surface area contributed by atoms with Crippen molar-refractivity contribution in [3.63, 3.8) is 0 Å². The number of hydrogen-bond acceptors (Lipinski definition) is 3. The zero-order valence-corrected chi connectivity index (χ0v) is 14.4. The van der Waals surface area contributed by atoms with E-state index in [1.54, 1.807) is 0 Å². The Morgan fingerprint density at radius 3 is 2.67 bits per heavy atom. The highest BCUT2D eigenvalue weighted by Crippen LogP contribution is 2.40. The molecule has 0 fully saturated rings. The first kappa shape index (κ1) is 16.4. The Kier molecular flexibility index (Phi) is 4.22. The molecule has 126 valence electrons. The Balaban J connectivity index is 1.77. The minimum absolute atomic E-state index is 0.00919. The zero-order chi connectivity index (χ0) is 17.3. The van der Waals surface area contributed by atoms with Gasteiger partial charge in [-0.05, 0) is 44.5 Å². The minimum Gasteiger partial charge on any atom is -0.487 e. The van der Waals surface area contributed by atoms with Crippen molar-refractivity contribution in [2.24, 2.45) is 0 Å². The van der Waals surface area contributed by atoms with Gasteiger partial charge in [-0.2, -0.15) is 0 Å². The van der Waals surface area contributed by atoms with E-state index in [1.165, 1.54) is 5.56 Å². The van der Waals surface area contributed by atoms with Crippen molar-refractivity contribution in [3.8, 4) is 5.75 Å². The average Bonchev–Trinajstić information content (AvgIpc) is 2.49. The fraction of sp³-hybridized carbons (Fsp3) is 0.350. The summed E-state index contributed by atoms with van der Waals surface area (Å²) in [6.45, 7) is 6.10. The number of carbonyl (C=O) groups is 1. The van der Waals surface area contributed by atoms with Crippen molar-refractivity contribution >= 4 is 11.6 Å². The van der Waals surface area contributed by atoms with Gasteiger partial charge in [0.25, 0.3) is 0 Å². The number of nitrogen functional groups attached to an aromatic ring is 1. The average molecular weight is 324 g/mol. The molecule has 0 aliphatic carbocycles. The molecule has 3 rings (SSSR count). The standard InChI is InChI=1S/C20H24N2O2/c1-13-4-6-14(7-5-13)10-19(23)22-17-12-20(2,3)24-18-9-8-15(21)11-16(17)18/h4-9,11,17H,10,12,21H2,1-3H3,(H,22,23). The number of carbonyl (C=O) groups excluding carboxylic acids is 1. The molecule has 24 heavy (non-hydrogen) atoms. The number of rotatable bonds is 3. The Morgan fingerprint density at radius 1 is 1.25 bits per heavy atom. The second kappa shape index (κ2) is 6.19. The number of benzene rings is 2. The molecule has 1 aliphatic rings. The maximum absolute atomic E-state index is 12.5. The molecule has 4 nitrogen and oxygen atoms in total. The molecule has 1 heterocycles. The SMILES string of the molecule is Cc1ccc(CC(=O)NC2CC(C)(C)Oc3ccc(N)cc32)cc1. The summed E-state index contributed by atoms with van der Waals surface area (Å²) < 4.78 is 6.01. The largest absolute Gasteiger partial charge is 0.487 e. The van der Waals surface area contributed by atoms with Gasteiger partial charge in [0.05, 0.1) is 12.5 Å². The first-order valence-corrected chi connectivity index (χ1v) is 8.26. The van der Waals surface area contributed by atoms with Crippen molar-refractivity contribution in [2.45, 2.75) is 45.3 Å². The molecule has 1 atom stereocenters. The highest BCUT2D eigenvalue weighted by Gasteiger charge is 2.34. The summed E-state index contributed by atoms with van der Waals surface area (Å²) in [4.78, 5) is 12.5. The Bertz CT molecular complexity index is 751. The number of nitrogens with two attached hydrogens (primary N) is 1. The van der Waals surface area contributed by atoms with Gasteiger partial charge in [0.15, 0.2) is 0 Å². The van der Waals surface area contributed by atoms with Crippen molar-refractivity contribution in [3.05, 3.63) is 59.2 Å². The van der Waals surface area contributed by atoms with Crippen LogP contribution >= 0.6 is 0 Å². The highest BCUT2D eigenvalue weighted by molar-refractivity contribution is 5.79. The molecule has 0 saturated carbocycles. The lowest BCUT2D eigenvalue weighted by Crippen LogP contribution is -2.41. The summed E-state index contributed by atoms with van der Waals surface area (Å²) in [6.07, 6.45) is 1.08. The number of amides is 1. The van der Waals surface area contributed by atoms with Gasteiger partial charge in [-0.25, -0.2) is 0 Å². The number of aryl methyl sites for hydroxylation is 1. The molecule has 1 amide bonds. The van der Waals surface area contributed by atoms with Gasteiger partial charge in [-0.1, -0.05) is 29.8 Å². The molecular formula is C20H24N2O2. The van der Waals surface area contributed by atoms with Gasteiger partial charge in [0.1, 0.15) is 11.4 Å². The summed E-state index contributed by atoms with van der Waals surface area (Å²) in [7, 11) is 0. The quantitative estimate of drug-likeness (QED) is 0.849. The molecule has 1 unspecified atom stereocenters. The van der Waals surface area contributed by atoms with Gasteiger partial charge in [-0.15, -0.1) is 0 Å². The van der Waals surface area contributed by atoms with E-state index in [9.17, 15) is 4.79 Å². The summed E-state index contributed by atoms with van der Waals surface area (Å²) in [5, 5.41) is 3.15. The fourth-order valence-corrected chi connectivity index (χ4v) is 3.14. The van der Waals surface area contributed by atoms with Gasteiger partial charge >= 0.3 is 0 Å². The van der Waals surface area contributed by atoms with E-state index in [0.717, 1.165) is 16.9 Å². The number of nitrogens with one attached hydrogen (secondary N) is 1. The van der Waals surface area contributed by atoms with Crippen molar-refractivity contribution < 1.29 is 9.53 Å². The summed E-state index contributed by atoms with van der Waals surface area (Å²) >= 11 is 0. The second-order valence-corrected chi connectivity index (χ2v) is 7.15. The first-order chi connectivity index (χ1) is 11.3. The normalized spacial score (nSPS) is 18.4. The zero-order valence-electron chi connectivity index (χ0n) is 14.4. The van der Waals surface area contributed by atoms with Crippen LogP contribution in [0, 0.1) is 6.92 Å². The predicted octanol–water partition coefficient (Wildman–Crippen LogP) is 3.54. The van der Waals surface area contributed by atoms with Crippen LogP contribution in [0.2, 0.25) is 0 Å². The van der Waals surface area contributed by atoms with Crippen molar-refractivity contribution in [1.29, 1.82) is 0 Å². The van der Waals surface area contributed by atoms with Crippen LogP contribution in [0.3, 0.4) is 0 Å². The van der Waals surface area contributed by atoms with Crippen LogP contribution in [0.4, 0.5) is 5.69 Å². The van der Waals surface area contributed by atoms with Crippen LogP contribution < -0.4 is 15.8 Å². The van der Waals surface area contributed by atoms with Gasteiger partial charge in [0.2, 0.25) is 5.91 Å². The molecule has 4 heteroatoms. The molecule has 0 radical (unpaired) electrons. The lowest BCUT2D eigenvalue weighted by Gasteiger charge is -2.38. The molecule has 2 aromatic carbocycles. The van der Waals surface area contributed by atoms with Gasteiger partial charge < -0.3 is 15.8 Å². The van der Waals surface area contributed by atoms with Crippen molar-refractivity contribution in [1.82, 2.24) is 5.32 Å². The smallest absolute Gasteiger partial charge is 0.224 e. The monoisotopic (exact) mass is 324 g/mol. The molecule has 0 aromatic heterocycles. The minimum atomic E-state index is -0.328. The third-order valence-corrected chi connectivity index (χ3v) is 4.31. The predicted molar refractivity (Wildman–Crippen MR) is 95.9 cm³/mol. The van der Waals surface area contributed by atoms with E-state index < -0.39 is 0 Å². The third kappa shape index (κ3) is 3.70. The molecule has 3 N–H and O–H groups in total. The number of fused-ring (bicyclic) bond motifs is 1. The van der Waals surface area contributed by atoms with Crippen LogP contribution in [0.15, 0.2) is 42.5 Å². The molecule has 0 spiro atoms. The Morgan fingerprint density at radius 2 is 1.96 bits per heavy atom. The number of anilines is 1. The summed E-state index contributed by atoms with van der Waals surface area (Å²) in [5.41, 5.74) is 9.41. The molecule has 1 aliphatic heterocycles. The van der Waals surface area contributed by atoms with Crippen LogP contribution in [0.5, 0.6) is 5.75 Å². The summed E-state index contributed by atoms with van der Waals surface area (Å²) in [6, 6.07) is 13.5. The van der Waals surface area contributed by atoms with Crippen LogP contribution in [-0.2, 0) is 11.2 Å². The van der Waals surface area contributed by atoms with Crippen LogP contribution in [0.25, 0.3) is 0 Å². The number of ether oxygens (including phenoxy) is 1. The molecule has 0 saturated heterocycles. The Labute approximate surface area is 143 Å². The lowest BCUT2D eigenvalue weighted by molar-refractivity contribution is -0.121. The van der Waals surface area contributed by atoms with E-state index >= 15 is 0 Å². The molecular weight excluding hydrogens is 300 g/mol. The summed E-state index contributed by atoms with van der Waals surface area (Å²) in [5.74, 6) is 0.802. The fourth-order valence-electron chi connectivity index (χ4n) is 3.14. The number of hydrogen-bond donors (Lipinski definition) is 2. The first-order valence-electron chi connectivity index (χ1n) is 8.26. The van der Waals surface area contributed by atoms with Gasteiger partial charge in [0, 0.05) is 17.7 Å². The van der Waals surface area contributed by atoms with Gasteiger partial charge in [-0.3, -0.25) is 4.79 Å². The van der Waals surface area contributed by atoms with Crippen LogP contribution in [0.1, 0.15) is 43.0 Å². The maximum Gasteiger partial charge on any atom is 0.224 e. The third-order valence-electron chi connectivity index (χ3n) is 4.31. The lowest BCUT2D eigenvalue weighted by atomic mass is 9.89. The van der Waals surface area contributed by atoms with E-state index in [2.05, 4.69) is 5.32 Å². The Hall–Kier alpha value is -2.49. The van der Waals surface area contributed by atoms with E-state index in [4.69, 9.17) is 10.5 Å². The van der Waals surface area contributed by atoms with Crippen LogP contribution in [-0.4, -0.2) is 11.5 Å². The topological polar surface area (TPSA) is 64.3 Å². The van der Waals surface area contributed by atoms with E-state index in [-0.39, 0.29) is 17.6 Å². The molecule has 2 aromatic rings. The highest BCUT2D eigenvalue weighted by atomic mass is 16.5. The maximum atomic E-state index is 12.5. The van der Waals surface area contributed by atoms with E-state index in [1.807, 2.05) is 63.2 Å². The van der Waals surface area contributed by atoms with E-state index in [0.29, 0.717) is 18.5 Å². The van der Waals surface area contributed by atoms with Crippen molar-refractivity contribution in [2.75, 3.05) is 5.73 Å². The second-order valence-electron chi connectivity index (χ2n) is 7.15.